The van der Waals surface area contributed by atoms with E-state index >= 15 is 0 Å². The molecule has 0 unspecified atom stereocenters. The lowest BCUT2D eigenvalue weighted by molar-refractivity contribution is -0.124. The summed E-state index contributed by atoms with van der Waals surface area (Å²) in [6, 6.07) is 6.32. The molecule has 1 fully saturated rings. The molecular formula is C16H22ClN3O2. The second-order valence-corrected chi connectivity index (χ2v) is 6.37. The van der Waals surface area contributed by atoms with Crippen molar-refractivity contribution in [2.75, 3.05) is 18.4 Å². The molecule has 22 heavy (non-hydrogen) atoms. The molecule has 6 heteroatoms. The van der Waals surface area contributed by atoms with Gasteiger partial charge < -0.3 is 15.5 Å². The first-order valence-corrected chi connectivity index (χ1v) is 7.96. The third-order valence-electron chi connectivity index (χ3n) is 3.58. The van der Waals surface area contributed by atoms with E-state index in [1.165, 1.54) is 0 Å². The minimum absolute atomic E-state index is 0.0764. The van der Waals surface area contributed by atoms with Crippen molar-refractivity contribution in [2.45, 2.75) is 32.7 Å². The summed E-state index contributed by atoms with van der Waals surface area (Å²) in [7, 11) is 0. The van der Waals surface area contributed by atoms with Crippen LogP contribution in [0, 0.1) is 5.92 Å². The van der Waals surface area contributed by atoms with Crippen molar-refractivity contribution in [3.8, 4) is 0 Å². The van der Waals surface area contributed by atoms with Crippen molar-refractivity contribution in [2.24, 2.45) is 5.92 Å². The predicted octanol–water partition coefficient (Wildman–Crippen LogP) is 3.11. The molecule has 3 amide bonds. The van der Waals surface area contributed by atoms with Gasteiger partial charge in [0, 0.05) is 23.8 Å². The zero-order chi connectivity index (χ0) is 16.1. The molecule has 1 aromatic rings. The molecule has 0 spiro atoms. The highest BCUT2D eigenvalue weighted by Crippen LogP contribution is 2.20. The van der Waals surface area contributed by atoms with E-state index in [1.54, 1.807) is 29.2 Å². The minimum atomic E-state index is -0.391. The zero-order valence-corrected chi connectivity index (χ0v) is 13.7. The molecule has 1 atom stereocenters. The first-order valence-electron chi connectivity index (χ1n) is 7.58. The largest absolute Gasteiger partial charge is 0.354 e. The van der Waals surface area contributed by atoms with Crippen LogP contribution in [-0.4, -0.2) is 36.0 Å². The lowest BCUT2D eigenvalue weighted by atomic mass is 10.2. The summed E-state index contributed by atoms with van der Waals surface area (Å²) in [6.45, 7) is 5.29. The molecule has 0 aromatic heterocycles. The van der Waals surface area contributed by atoms with Crippen molar-refractivity contribution in [1.82, 2.24) is 10.2 Å². The summed E-state index contributed by atoms with van der Waals surface area (Å²) in [4.78, 5) is 26.2. The smallest absolute Gasteiger partial charge is 0.322 e. The lowest BCUT2D eigenvalue weighted by Crippen LogP contribution is -2.48. The number of urea groups is 1. The number of hydrogen-bond acceptors (Lipinski definition) is 2. The Morgan fingerprint density at radius 1 is 1.41 bits per heavy atom. The fourth-order valence-electron chi connectivity index (χ4n) is 2.47. The Hall–Kier alpha value is -1.75. The molecule has 120 valence electrons. The molecule has 0 saturated carbocycles. The van der Waals surface area contributed by atoms with E-state index < -0.39 is 6.04 Å². The van der Waals surface area contributed by atoms with Crippen molar-refractivity contribution < 1.29 is 9.59 Å². The molecule has 2 rings (SSSR count). The Balaban J connectivity index is 1.97. The van der Waals surface area contributed by atoms with Gasteiger partial charge in [-0.1, -0.05) is 31.5 Å². The summed E-state index contributed by atoms with van der Waals surface area (Å²) < 4.78 is 0. The number of nitrogens with one attached hydrogen (secondary N) is 2. The van der Waals surface area contributed by atoms with E-state index in [0.717, 1.165) is 6.42 Å². The number of halogens is 1. The third kappa shape index (κ3) is 4.37. The maximum Gasteiger partial charge on any atom is 0.322 e. The summed E-state index contributed by atoms with van der Waals surface area (Å²) in [6.07, 6.45) is 1.54. The summed E-state index contributed by atoms with van der Waals surface area (Å²) in [5, 5.41) is 6.26. The van der Waals surface area contributed by atoms with Crippen LogP contribution in [-0.2, 0) is 4.79 Å². The molecule has 0 aliphatic carbocycles. The maximum absolute atomic E-state index is 12.4. The monoisotopic (exact) mass is 323 g/mol. The molecular weight excluding hydrogens is 302 g/mol. The Morgan fingerprint density at radius 3 is 2.86 bits per heavy atom. The van der Waals surface area contributed by atoms with Crippen LogP contribution < -0.4 is 10.6 Å². The summed E-state index contributed by atoms with van der Waals surface area (Å²) >= 11 is 5.91. The fraction of sp³-hybridized carbons (Fsp3) is 0.500. The minimum Gasteiger partial charge on any atom is -0.354 e. The van der Waals surface area contributed by atoms with Crippen LogP contribution in [0.4, 0.5) is 10.5 Å². The average molecular weight is 324 g/mol. The standard InChI is InChI=1S/C16H22ClN3O2/c1-11(2)10-18-15(21)14-7-4-8-20(14)16(22)19-13-6-3-5-12(17)9-13/h3,5-6,9,11,14H,4,7-8,10H2,1-2H3,(H,18,21)(H,19,22)/t14-/m1/s1. The highest BCUT2D eigenvalue weighted by atomic mass is 35.5. The van der Waals surface area contributed by atoms with E-state index in [-0.39, 0.29) is 11.9 Å². The summed E-state index contributed by atoms with van der Waals surface area (Å²) in [5.41, 5.74) is 0.630. The van der Waals surface area contributed by atoms with E-state index in [9.17, 15) is 9.59 Å². The van der Waals surface area contributed by atoms with Gasteiger partial charge in [-0.25, -0.2) is 4.79 Å². The molecule has 1 aromatic carbocycles. The number of amides is 3. The van der Waals surface area contributed by atoms with Gasteiger partial charge in [0.25, 0.3) is 0 Å². The lowest BCUT2D eigenvalue weighted by Gasteiger charge is -2.24. The van der Waals surface area contributed by atoms with Gasteiger partial charge in [-0.15, -0.1) is 0 Å². The predicted molar refractivity (Wildman–Crippen MR) is 88.0 cm³/mol. The molecule has 0 radical (unpaired) electrons. The van der Waals surface area contributed by atoms with Crippen LogP contribution in [0.2, 0.25) is 5.02 Å². The zero-order valence-electron chi connectivity index (χ0n) is 12.9. The Kier molecular flexibility index (Phi) is 5.66. The van der Waals surface area contributed by atoms with Gasteiger partial charge >= 0.3 is 6.03 Å². The van der Waals surface area contributed by atoms with Crippen LogP contribution in [0.15, 0.2) is 24.3 Å². The van der Waals surface area contributed by atoms with Gasteiger partial charge in [0.05, 0.1) is 0 Å². The molecule has 5 nitrogen and oxygen atoms in total. The molecule has 1 heterocycles. The quantitative estimate of drug-likeness (QED) is 0.894. The van der Waals surface area contributed by atoms with Crippen molar-refractivity contribution in [3.63, 3.8) is 0 Å². The molecule has 2 N–H and O–H groups in total. The number of carbonyl (C=O) groups excluding carboxylic acids is 2. The number of hydrogen-bond donors (Lipinski definition) is 2. The van der Waals surface area contributed by atoms with Crippen LogP contribution in [0.1, 0.15) is 26.7 Å². The van der Waals surface area contributed by atoms with E-state index in [4.69, 9.17) is 11.6 Å². The van der Waals surface area contributed by atoms with Gasteiger partial charge in [0.1, 0.15) is 6.04 Å². The van der Waals surface area contributed by atoms with Crippen LogP contribution >= 0.6 is 11.6 Å². The van der Waals surface area contributed by atoms with Gasteiger partial charge in [-0.2, -0.15) is 0 Å². The Labute approximate surface area is 136 Å². The first kappa shape index (κ1) is 16.6. The average Bonchev–Trinajstić information content (AvgIpc) is 2.94. The summed E-state index contributed by atoms with van der Waals surface area (Å²) in [5.74, 6) is 0.312. The number of carbonyl (C=O) groups is 2. The van der Waals surface area contributed by atoms with Gasteiger partial charge in [-0.05, 0) is 37.0 Å². The Bertz CT molecular complexity index is 548. The van der Waals surface area contributed by atoms with Crippen LogP contribution in [0.3, 0.4) is 0 Å². The van der Waals surface area contributed by atoms with Gasteiger partial charge in [-0.3, -0.25) is 4.79 Å². The molecule has 1 saturated heterocycles. The van der Waals surface area contributed by atoms with Gasteiger partial charge in [0.15, 0.2) is 0 Å². The second kappa shape index (κ2) is 7.49. The SMILES string of the molecule is CC(C)CNC(=O)[C@H]1CCCN1C(=O)Nc1cccc(Cl)c1. The van der Waals surface area contributed by atoms with E-state index in [1.807, 2.05) is 13.8 Å². The Morgan fingerprint density at radius 2 is 2.18 bits per heavy atom. The normalized spacial score (nSPS) is 17.6. The van der Waals surface area contributed by atoms with Crippen LogP contribution in [0.25, 0.3) is 0 Å². The number of rotatable bonds is 4. The van der Waals surface area contributed by atoms with Crippen molar-refractivity contribution >= 4 is 29.2 Å². The van der Waals surface area contributed by atoms with Gasteiger partial charge in [0.2, 0.25) is 5.91 Å². The first-order chi connectivity index (χ1) is 10.5. The van der Waals surface area contributed by atoms with E-state index in [2.05, 4.69) is 10.6 Å². The number of likely N-dealkylation sites (tertiary alicyclic amines) is 1. The topological polar surface area (TPSA) is 61.4 Å². The van der Waals surface area contributed by atoms with Crippen molar-refractivity contribution in [1.29, 1.82) is 0 Å². The molecule has 0 bridgehead atoms. The van der Waals surface area contributed by atoms with E-state index in [0.29, 0.717) is 36.1 Å². The highest BCUT2D eigenvalue weighted by Gasteiger charge is 2.34. The number of nitrogens with zero attached hydrogens (tertiary/aromatic N) is 1. The molecule has 1 aliphatic rings. The molecule has 1 aliphatic heterocycles. The third-order valence-corrected chi connectivity index (χ3v) is 3.81. The number of anilines is 1. The second-order valence-electron chi connectivity index (χ2n) is 5.93. The van der Waals surface area contributed by atoms with Crippen molar-refractivity contribution in [3.05, 3.63) is 29.3 Å². The highest BCUT2D eigenvalue weighted by molar-refractivity contribution is 6.30. The maximum atomic E-state index is 12.4. The fourth-order valence-corrected chi connectivity index (χ4v) is 2.66. The van der Waals surface area contributed by atoms with Crippen LogP contribution in [0.5, 0.6) is 0 Å². The number of benzene rings is 1.